The van der Waals surface area contributed by atoms with E-state index in [1.807, 2.05) is 30.3 Å². The largest absolute Gasteiger partial charge is 0.494 e. The topological polar surface area (TPSA) is 35.0 Å². The number of aromatic nitrogens is 2. The van der Waals surface area contributed by atoms with Gasteiger partial charge in [0.25, 0.3) is 0 Å². The summed E-state index contributed by atoms with van der Waals surface area (Å²) in [4.78, 5) is 9.06. The van der Waals surface area contributed by atoms with Gasteiger partial charge < -0.3 is 4.74 Å². The first-order valence-corrected chi connectivity index (χ1v) is 5.56. The van der Waals surface area contributed by atoms with Crippen molar-refractivity contribution >= 4 is 33.7 Å². The van der Waals surface area contributed by atoms with Crippen LogP contribution in [0.1, 0.15) is 0 Å². The summed E-state index contributed by atoms with van der Waals surface area (Å²) in [6.45, 7) is 0. The predicted octanol–water partition coefficient (Wildman–Crippen LogP) is 3.45. The molecule has 4 heteroatoms. The third kappa shape index (κ3) is 1.68. The molecule has 3 aromatic rings. The molecule has 0 saturated carbocycles. The van der Waals surface area contributed by atoms with Crippen LogP contribution in [-0.4, -0.2) is 17.1 Å². The molecule has 0 spiro atoms. The Morgan fingerprint density at radius 3 is 2.71 bits per heavy atom. The second-order valence-electron chi connectivity index (χ2n) is 3.68. The SMILES string of the molecule is COc1cccc2nc3ccc(Cl)cc3nc12. The van der Waals surface area contributed by atoms with E-state index in [-0.39, 0.29) is 0 Å². The van der Waals surface area contributed by atoms with E-state index in [0.717, 1.165) is 27.8 Å². The van der Waals surface area contributed by atoms with Crippen molar-refractivity contribution in [3.05, 3.63) is 41.4 Å². The minimum atomic E-state index is 0.654. The average molecular weight is 245 g/mol. The lowest BCUT2D eigenvalue weighted by molar-refractivity contribution is 0.419. The highest BCUT2D eigenvalue weighted by Gasteiger charge is 2.06. The Bertz CT molecular complexity index is 712. The van der Waals surface area contributed by atoms with Crippen LogP contribution in [0.25, 0.3) is 22.1 Å². The summed E-state index contributed by atoms with van der Waals surface area (Å²) in [5.41, 5.74) is 3.17. The predicted molar refractivity (Wildman–Crippen MR) is 68.6 cm³/mol. The zero-order chi connectivity index (χ0) is 11.8. The minimum Gasteiger partial charge on any atom is -0.494 e. The second kappa shape index (κ2) is 3.86. The smallest absolute Gasteiger partial charge is 0.146 e. The van der Waals surface area contributed by atoms with Gasteiger partial charge in [-0.25, -0.2) is 9.97 Å². The van der Waals surface area contributed by atoms with Crippen LogP contribution in [0.2, 0.25) is 5.02 Å². The quantitative estimate of drug-likeness (QED) is 0.615. The molecule has 0 aliphatic carbocycles. The minimum absolute atomic E-state index is 0.654. The van der Waals surface area contributed by atoms with Crippen LogP contribution in [0.3, 0.4) is 0 Å². The van der Waals surface area contributed by atoms with Crippen molar-refractivity contribution in [2.24, 2.45) is 0 Å². The first-order valence-electron chi connectivity index (χ1n) is 5.18. The lowest BCUT2D eigenvalue weighted by Gasteiger charge is -2.05. The van der Waals surface area contributed by atoms with Gasteiger partial charge in [-0.15, -0.1) is 0 Å². The third-order valence-electron chi connectivity index (χ3n) is 2.61. The van der Waals surface area contributed by atoms with Gasteiger partial charge in [-0.1, -0.05) is 17.7 Å². The number of nitrogens with zero attached hydrogens (tertiary/aromatic N) is 2. The fourth-order valence-electron chi connectivity index (χ4n) is 1.81. The zero-order valence-electron chi connectivity index (χ0n) is 9.14. The molecular formula is C13H9ClN2O. The van der Waals surface area contributed by atoms with Gasteiger partial charge in [0.15, 0.2) is 0 Å². The van der Waals surface area contributed by atoms with Gasteiger partial charge in [0.2, 0.25) is 0 Å². The number of hydrogen-bond donors (Lipinski definition) is 0. The summed E-state index contributed by atoms with van der Waals surface area (Å²) in [6, 6.07) is 11.2. The number of fused-ring (bicyclic) bond motifs is 2. The molecule has 0 atom stereocenters. The van der Waals surface area contributed by atoms with Crippen molar-refractivity contribution < 1.29 is 4.74 Å². The molecule has 0 unspecified atom stereocenters. The van der Waals surface area contributed by atoms with E-state index in [9.17, 15) is 0 Å². The van der Waals surface area contributed by atoms with Crippen molar-refractivity contribution in [2.75, 3.05) is 7.11 Å². The number of hydrogen-bond acceptors (Lipinski definition) is 3. The van der Waals surface area contributed by atoms with Crippen LogP contribution in [0, 0.1) is 0 Å². The van der Waals surface area contributed by atoms with Crippen LogP contribution in [0.5, 0.6) is 5.75 Å². The number of methoxy groups -OCH3 is 1. The van der Waals surface area contributed by atoms with Crippen molar-refractivity contribution in [3.63, 3.8) is 0 Å². The highest BCUT2D eigenvalue weighted by molar-refractivity contribution is 6.31. The molecule has 1 heterocycles. The molecule has 17 heavy (non-hydrogen) atoms. The van der Waals surface area contributed by atoms with Crippen LogP contribution < -0.4 is 4.74 Å². The lowest BCUT2D eigenvalue weighted by Crippen LogP contribution is -1.91. The molecule has 0 radical (unpaired) electrons. The van der Waals surface area contributed by atoms with E-state index >= 15 is 0 Å². The van der Waals surface area contributed by atoms with E-state index in [4.69, 9.17) is 16.3 Å². The summed E-state index contributed by atoms with van der Waals surface area (Å²) in [6.07, 6.45) is 0. The highest BCUT2D eigenvalue weighted by Crippen LogP contribution is 2.25. The van der Waals surface area contributed by atoms with Gasteiger partial charge in [-0.05, 0) is 30.3 Å². The maximum absolute atomic E-state index is 5.94. The number of para-hydroxylation sites is 1. The van der Waals surface area contributed by atoms with Crippen LogP contribution in [-0.2, 0) is 0 Å². The van der Waals surface area contributed by atoms with E-state index < -0.39 is 0 Å². The van der Waals surface area contributed by atoms with E-state index in [0.29, 0.717) is 5.02 Å². The lowest BCUT2D eigenvalue weighted by atomic mass is 10.2. The number of rotatable bonds is 1. The first-order chi connectivity index (χ1) is 8.28. The molecule has 84 valence electrons. The van der Waals surface area contributed by atoms with Crippen molar-refractivity contribution in [1.82, 2.24) is 9.97 Å². The van der Waals surface area contributed by atoms with Gasteiger partial charge in [-0.3, -0.25) is 0 Å². The Kier molecular flexibility index (Phi) is 2.34. The molecular weight excluding hydrogens is 236 g/mol. The molecule has 3 rings (SSSR count). The summed E-state index contributed by atoms with van der Waals surface area (Å²) in [7, 11) is 1.62. The summed E-state index contributed by atoms with van der Waals surface area (Å²) >= 11 is 5.94. The van der Waals surface area contributed by atoms with Gasteiger partial charge >= 0.3 is 0 Å². The maximum Gasteiger partial charge on any atom is 0.146 e. The Morgan fingerprint density at radius 1 is 1.00 bits per heavy atom. The Hall–Kier alpha value is -1.87. The molecule has 0 aliphatic rings. The molecule has 2 aromatic carbocycles. The number of ether oxygens (including phenoxy) is 1. The molecule has 0 amide bonds. The van der Waals surface area contributed by atoms with Crippen molar-refractivity contribution in [1.29, 1.82) is 0 Å². The fourth-order valence-corrected chi connectivity index (χ4v) is 1.98. The number of halogens is 1. The second-order valence-corrected chi connectivity index (χ2v) is 4.12. The molecule has 0 aliphatic heterocycles. The van der Waals surface area contributed by atoms with Gasteiger partial charge in [0.05, 0.1) is 23.7 Å². The average Bonchev–Trinajstić information content (AvgIpc) is 2.35. The Labute approximate surface area is 103 Å². The van der Waals surface area contributed by atoms with Gasteiger partial charge in [0.1, 0.15) is 11.3 Å². The summed E-state index contributed by atoms with van der Waals surface area (Å²) in [5, 5.41) is 0.654. The monoisotopic (exact) mass is 244 g/mol. The summed E-state index contributed by atoms with van der Waals surface area (Å²) in [5.74, 6) is 0.719. The Balaban J connectivity index is 2.44. The highest BCUT2D eigenvalue weighted by atomic mass is 35.5. The number of benzene rings is 2. The van der Waals surface area contributed by atoms with E-state index in [1.165, 1.54) is 0 Å². The molecule has 0 N–H and O–H groups in total. The van der Waals surface area contributed by atoms with Crippen LogP contribution in [0.15, 0.2) is 36.4 Å². The molecule has 0 saturated heterocycles. The van der Waals surface area contributed by atoms with Crippen LogP contribution >= 0.6 is 11.6 Å². The van der Waals surface area contributed by atoms with Gasteiger partial charge in [0, 0.05) is 5.02 Å². The molecule has 0 fully saturated rings. The Morgan fingerprint density at radius 2 is 1.88 bits per heavy atom. The van der Waals surface area contributed by atoms with Crippen molar-refractivity contribution in [3.8, 4) is 5.75 Å². The van der Waals surface area contributed by atoms with Gasteiger partial charge in [-0.2, -0.15) is 0 Å². The summed E-state index contributed by atoms with van der Waals surface area (Å²) < 4.78 is 5.27. The maximum atomic E-state index is 5.94. The van der Waals surface area contributed by atoms with Crippen molar-refractivity contribution in [2.45, 2.75) is 0 Å². The fraction of sp³-hybridized carbons (Fsp3) is 0.0769. The van der Waals surface area contributed by atoms with E-state index in [1.54, 1.807) is 13.2 Å². The van der Waals surface area contributed by atoms with Crippen LogP contribution in [0.4, 0.5) is 0 Å². The molecule has 3 nitrogen and oxygen atoms in total. The van der Waals surface area contributed by atoms with E-state index in [2.05, 4.69) is 9.97 Å². The molecule has 0 bridgehead atoms. The zero-order valence-corrected chi connectivity index (χ0v) is 9.90. The third-order valence-corrected chi connectivity index (χ3v) is 2.84. The molecule has 1 aromatic heterocycles. The first kappa shape index (κ1) is 10.3. The normalized spacial score (nSPS) is 10.9. The standard InChI is InChI=1S/C13H9ClN2O/c1-17-12-4-2-3-10-13(12)16-11-7-8(14)5-6-9(11)15-10/h2-7H,1H3.